The van der Waals surface area contributed by atoms with Gasteiger partial charge in [0.05, 0.1) is 13.2 Å². The van der Waals surface area contributed by atoms with Crippen LogP contribution in [0, 0.1) is 0 Å². The third-order valence-corrected chi connectivity index (χ3v) is 4.19. The maximum Gasteiger partial charge on any atom is 0.124 e. The molecule has 0 aromatic heterocycles. The first-order chi connectivity index (χ1) is 10.2. The number of benzene rings is 2. The summed E-state index contributed by atoms with van der Waals surface area (Å²) in [6.07, 6.45) is 2.00. The SMILES string of the molecule is CCc1cc(Br)ccc1NC(CC)c1ccccc1OC. The number of nitrogens with one attached hydrogen (secondary N) is 1. The van der Waals surface area contributed by atoms with E-state index >= 15 is 0 Å². The average molecular weight is 348 g/mol. The lowest BCUT2D eigenvalue weighted by Crippen LogP contribution is -2.12. The molecular formula is C18H22BrNO. The third-order valence-electron chi connectivity index (χ3n) is 3.70. The smallest absolute Gasteiger partial charge is 0.124 e. The molecule has 2 aromatic rings. The minimum absolute atomic E-state index is 0.243. The van der Waals surface area contributed by atoms with E-state index in [2.05, 4.69) is 65.4 Å². The summed E-state index contributed by atoms with van der Waals surface area (Å²) in [5.74, 6) is 0.937. The molecule has 2 rings (SSSR count). The normalized spacial score (nSPS) is 12.0. The second-order valence-corrected chi connectivity index (χ2v) is 5.92. The van der Waals surface area contributed by atoms with Gasteiger partial charge in [-0.15, -0.1) is 0 Å². The molecule has 0 aliphatic rings. The van der Waals surface area contributed by atoms with Crippen LogP contribution in [-0.4, -0.2) is 7.11 Å². The molecule has 0 bridgehead atoms. The number of methoxy groups -OCH3 is 1. The Morgan fingerprint density at radius 3 is 2.57 bits per heavy atom. The summed E-state index contributed by atoms with van der Waals surface area (Å²) in [7, 11) is 1.72. The number of hydrogen-bond acceptors (Lipinski definition) is 2. The van der Waals surface area contributed by atoms with Crippen LogP contribution in [0.25, 0.3) is 0 Å². The van der Waals surface area contributed by atoms with E-state index in [1.165, 1.54) is 16.8 Å². The molecule has 0 aliphatic heterocycles. The molecule has 112 valence electrons. The summed E-state index contributed by atoms with van der Waals surface area (Å²) in [5.41, 5.74) is 3.71. The molecule has 0 saturated carbocycles. The van der Waals surface area contributed by atoms with E-state index in [1.54, 1.807) is 7.11 Å². The molecule has 0 heterocycles. The van der Waals surface area contributed by atoms with E-state index in [0.717, 1.165) is 23.1 Å². The zero-order chi connectivity index (χ0) is 15.2. The Balaban J connectivity index is 2.31. The highest BCUT2D eigenvalue weighted by atomic mass is 79.9. The van der Waals surface area contributed by atoms with Gasteiger partial charge in [-0.2, -0.15) is 0 Å². The van der Waals surface area contributed by atoms with Crippen LogP contribution in [0.5, 0.6) is 5.75 Å². The van der Waals surface area contributed by atoms with Crippen LogP contribution in [0.3, 0.4) is 0 Å². The van der Waals surface area contributed by atoms with Crippen LogP contribution in [-0.2, 0) is 6.42 Å². The lowest BCUT2D eigenvalue weighted by Gasteiger charge is -2.22. The van der Waals surface area contributed by atoms with Crippen molar-refractivity contribution in [3.63, 3.8) is 0 Å². The molecule has 0 fully saturated rings. The number of rotatable bonds is 6. The predicted octanol–water partition coefficient (Wildman–Crippen LogP) is 5.58. The van der Waals surface area contributed by atoms with Gasteiger partial charge in [0.25, 0.3) is 0 Å². The van der Waals surface area contributed by atoms with E-state index in [1.807, 2.05) is 12.1 Å². The summed E-state index contributed by atoms with van der Waals surface area (Å²) >= 11 is 3.54. The standard InChI is InChI=1S/C18H22BrNO/c1-4-13-12-14(19)10-11-17(13)20-16(5-2)15-8-6-7-9-18(15)21-3/h6-12,16,20H,4-5H2,1-3H3. The molecule has 3 heteroatoms. The highest BCUT2D eigenvalue weighted by Crippen LogP contribution is 2.32. The number of halogens is 1. The maximum absolute atomic E-state index is 5.49. The molecular weight excluding hydrogens is 326 g/mol. The van der Waals surface area contributed by atoms with E-state index in [-0.39, 0.29) is 6.04 Å². The van der Waals surface area contributed by atoms with Gasteiger partial charge in [0, 0.05) is 15.7 Å². The number of anilines is 1. The Hall–Kier alpha value is -1.48. The molecule has 2 nitrogen and oxygen atoms in total. The largest absolute Gasteiger partial charge is 0.496 e. The van der Waals surface area contributed by atoms with Crippen molar-refractivity contribution in [3.05, 3.63) is 58.1 Å². The molecule has 0 radical (unpaired) electrons. The van der Waals surface area contributed by atoms with Crippen LogP contribution in [0.1, 0.15) is 37.4 Å². The topological polar surface area (TPSA) is 21.3 Å². The fourth-order valence-corrected chi connectivity index (χ4v) is 2.95. The van der Waals surface area contributed by atoms with Gasteiger partial charge in [-0.3, -0.25) is 0 Å². The van der Waals surface area contributed by atoms with Crippen LogP contribution in [0.2, 0.25) is 0 Å². The summed E-state index contributed by atoms with van der Waals surface area (Å²) in [5, 5.41) is 3.67. The summed E-state index contributed by atoms with van der Waals surface area (Å²) in [6.45, 7) is 4.37. The van der Waals surface area contributed by atoms with Gasteiger partial charge in [0.15, 0.2) is 0 Å². The van der Waals surface area contributed by atoms with Crippen LogP contribution >= 0.6 is 15.9 Å². The average Bonchev–Trinajstić information content (AvgIpc) is 2.53. The van der Waals surface area contributed by atoms with Gasteiger partial charge in [-0.25, -0.2) is 0 Å². The summed E-state index contributed by atoms with van der Waals surface area (Å²) in [4.78, 5) is 0. The van der Waals surface area contributed by atoms with Crippen molar-refractivity contribution in [2.75, 3.05) is 12.4 Å². The molecule has 0 spiro atoms. The lowest BCUT2D eigenvalue weighted by atomic mass is 10.0. The fraction of sp³-hybridized carbons (Fsp3) is 0.333. The van der Waals surface area contributed by atoms with Crippen molar-refractivity contribution in [2.24, 2.45) is 0 Å². The first kappa shape index (κ1) is 15.9. The Kier molecular flexibility index (Phi) is 5.68. The van der Waals surface area contributed by atoms with Crippen LogP contribution in [0.4, 0.5) is 5.69 Å². The van der Waals surface area contributed by atoms with Gasteiger partial charge >= 0.3 is 0 Å². The quantitative estimate of drug-likeness (QED) is 0.735. The molecule has 1 unspecified atom stereocenters. The minimum atomic E-state index is 0.243. The molecule has 0 amide bonds. The molecule has 2 aromatic carbocycles. The van der Waals surface area contributed by atoms with E-state index in [4.69, 9.17) is 4.74 Å². The second kappa shape index (κ2) is 7.51. The molecule has 1 N–H and O–H groups in total. The Labute approximate surface area is 135 Å². The van der Waals surface area contributed by atoms with Crippen LogP contribution < -0.4 is 10.1 Å². The van der Waals surface area contributed by atoms with Crippen molar-refractivity contribution >= 4 is 21.6 Å². The second-order valence-electron chi connectivity index (χ2n) is 5.00. The molecule has 0 saturated heterocycles. The number of aryl methyl sites for hydroxylation is 1. The van der Waals surface area contributed by atoms with E-state index in [0.29, 0.717) is 0 Å². The Morgan fingerprint density at radius 2 is 1.90 bits per heavy atom. The number of para-hydroxylation sites is 1. The zero-order valence-corrected chi connectivity index (χ0v) is 14.4. The van der Waals surface area contributed by atoms with Crippen LogP contribution in [0.15, 0.2) is 46.9 Å². The Morgan fingerprint density at radius 1 is 1.14 bits per heavy atom. The third kappa shape index (κ3) is 3.79. The molecule has 21 heavy (non-hydrogen) atoms. The number of hydrogen-bond donors (Lipinski definition) is 1. The number of ether oxygens (including phenoxy) is 1. The zero-order valence-electron chi connectivity index (χ0n) is 12.8. The first-order valence-corrected chi connectivity index (χ1v) is 8.16. The molecule has 1 atom stereocenters. The Bertz CT molecular complexity index is 598. The van der Waals surface area contributed by atoms with Crippen molar-refractivity contribution in [1.82, 2.24) is 0 Å². The van der Waals surface area contributed by atoms with Crippen molar-refractivity contribution < 1.29 is 4.74 Å². The predicted molar refractivity (Wildman–Crippen MR) is 93.2 cm³/mol. The monoisotopic (exact) mass is 347 g/mol. The highest BCUT2D eigenvalue weighted by molar-refractivity contribution is 9.10. The summed E-state index contributed by atoms with van der Waals surface area (Å²) in [6, 6.07) is 14.9. The minimum Gasteiger partial charge on any atom is -0.496 e. The molecule has 0 aliphatic carbocycles. The summed E-state index contributed by atoms with van der Waals surface area (Å²) < 4.78 is 6.61. The van der Waals surface area contributed by atoms with Gasteiger partial charge in [-0.1, -0.05) is 48.0 Å². The fourth-order valence-electron chi connectivity index (χ4n) is 2.54. The van der Waals surface area contributed by atoms with Crippen molar-refractivity contribution in [2.45, 2.75) is 32.7 Å². The maximum atomic E-state index is 5.49. The van der Waals surface area contributed by atoms with Crippen molar-refractivity contribution in [1.29, 1.82) is 0 Å². The van der Waals surface area contributed by atoms with Gasteiger partial charge in [-0.05, 0) is 42.7 Å². The highest BCUT2D eigenvalue weighted by Gasteiger charge is 2.15. The first-order valence-electron chi connectivity index (χ1n) is 7.37. The van der Waals surface area contributed by atoms with Crippen molar-refractivity contribution in [3.8, 4) is 5.75 Å². The van der Waals surface area contributed by atoms with Gasteiger partial charge in [0.2, 0.25) is 0 Å². The lowest BCUT2D eigenvalue weighted by molar-refractivity contribution is 0.406. The van der Waals surface area contributed by atoms with Gasteiger partial charge < -0.3 is 10.1 Å². The van der Waals surface area contributed by atoms with Gasteiger partial charge in [0.1, 0.15) is 5.75 Å². The van der Waals surface area contributed by atoms with E-state index < -0.39 is 0 Å². The van der Waals surface area contributed by atoms with E-state index in [9.17, 15) is 0 Å².